The molecule has 6 heteroatoms. The van der Waals surface area contributed by atoms with Crippen LogP contribution in [0.4, 0.5) is 0 Å². The molecule has 4 aliphatic rings. The molecule has 1 aromatic rings. The SMILES string of the molecule is COc1ccc(/C=C/C(=O)OCC(=O)N[C@H](C)C23CC4CC(CC(C4)C2)C3)c(OC)c1. The largest absolute Gasteiger partial charge is 0.497 e. The van der Waals surface area contributed by atoms with E-state index in [1.54, 1.807) is 38.5 Å². The number of rotatable bonds is 8. The highest BCUT2D eigenvalue weighted by Crippen LogP contribution is 2.61. The maximum absolute atomic E-state index is 12.4. The molecule has 31 heavy (non-hydrogen) atoms. The second-order valence-electron chi connectivity index (χ2n) is 9.62. The standard InChI is InChI=1S/C25H33NO5/c1-16(25-12-17-8-18(13-25)10-19(9-17)14-25)26-23(27)15-31-24(28)7-5-20-4-6-21(29-2)11-22(20)30-3/h4-7,11,16-19H,8-10,12-15H2,1-3H3,(H,26,27)/b7-5+/t16-,17?,18?,19?,25?/m1/s1. The van der Waals surface area contributed by atoms with Crippen LogP contribution in [0, 0.1) is 23.2 Å². The van der Waals surface area contributed by atoms with Crippen molar-refractivity contribution in [3.05, 3.63) is 29.8 Å². The number of benzene rings is 1. The zero-order valence-electron chi connectivity index (χ0n) is 18.7. The van der Waals surface area contributed by atoms with Gasteiger partial charge in [0.15, 0.2) is 6.61 Å². The Labute approximate surface area is 184 Å². The van der Waals surface area contributed by atoms with Gasteiger partial charge in [-0.15, -0.1) is 0 Å². The first-order valence-corrected chi connectivity index (χ1v) is 11.3. The molecule has 1 atom stereocenters. The van der Waals surface area contributed by atoms with Gasteiger partial charge < -0.3 is 19.5 Å². The van der Waals surface area contributed by atoms with E-state index >= 15 is 0 Å². The van der Waals surface area contributed by atoms with E-state index in [2.05, 4.69) is 12.2 Å². The highest BCUT2D eigenvalue weighted by Gasteiger charge is 2.53. The fraction of sp³-hybridized carbons (Fsp3) is 0.600. The molecule has 4 saturated carbocycles. The summed E-state index contributed by atoms with van der Waals surface area (Å²) in [6, 6.07) is 5.43. The number of amides is 1. The Morgan fingerprint density at radius 2 is 1.74 bits per heavy atom. The van der Waals surface area contributed by atoms with Crippen molar-refractivity contribution in [2.75, 3.05) is 20.8 Å². The number of carbonyl (C=O) groups is 2. The minimum absolute atomic E-state index is 0.117. The molecule has 1 aromatic carbocycles. The molecule has 5 rings (SSSR count). The molecule has 4 fully saturated rings. The fourth-order valence-electron chi connectivity index (χ4n) is 6.44. The van der Waals surface area contributed by atoms with E-state index in [1.807, 2.05) is 0 Å². The average Bonchev–Trinajstić information content (AvgIpc) is 2.75. The van der Waals surface area contributed by atoms with Crippen molar-refractivity contribution < 1.29 is 23.8 Å². The third kappa shape index (κ3) is 4.73. The lowest BCUT2D eigenvalue weighted by molar-refractivity contribution is -0.145. The van der Waals surface area contributed by atoms with Crippen LogP contribution >= 0.6 is 0 Å². The van der Waals surface area contributed by atoms with Crippen LogP contribution in [0.25, 0.3) is 6.08 Å². The lowest BCUT2D eigenvalue weighted by atomic mass is 9.48. The van der Waals surface area contributed by atoms with Crippen LogP contribution in [0.15, 0.2) is 24.3 Å². The van der Waals surface area contributed by atoms with Crippen molar-refractivity contribution in [2.45, 2.75) is 51.5 Å². The summed E-state index contributed by atoms with van der Waals surface area (Å²) in [5, 5.41) is 3.12. The number of nitrogens with one attached hydrogen (secondary N) is 1. The third-order valence-electron chi connectivity index (χ3n) is 7.57. The number of carbonyl (C=O) groups excluding carboxylic acids is 2. The molecule has 4 aliphatic carbocycles. The van der Waals surface area contributed by atoms with Gasteiger partial charge in [-0.25, -0.2) is 4.79 Å². The average molecular weight is 428 g/mol. The molecule has 0 saturated heterocycles. The molecular weight excluding hydrogens is 394 g/mol. The van der Waals surface area contributed by atoms with Crippen molar-refractivity contribution in [3.8, 4) is 11.5 Å². The molecule has 0 spiro atoms. The molecule has 0 aromatic heterocycles. The van der Waals surface area contributed by atoms with Crippen LogP contribution in [0.2, 0.25) is 0 Å². The minimum atomic E-state index is -0.560. The van der Waals surface area contributed by atoms with Crippen LogP contribution in [0.5, 0.6) is 11.5 Å². The van der Waals surface area contributed by atoms with Crippen LogP contribution in [0.1, 0.15) is 51.0 Å². The second-order valence-corrected chi connectivity index (χ2v) is 9.62. The topological polar surface area (TPSA) is 73.9 Å². The summed E-state index contributed by atoms with van der Waals surface area (Å²) in [6.45, 7) is 1.86. The molecule has 0 aliphatic heterocycles. The van der Waals surface area contributed by atoms with E-state index in [9.17, 15) is 9.59 Å². The molecule has 0 unspecified atom stereocenters. The Morgan fingerprint density at radius 1 is 1.10 bits per heavy atom. The van der Waals surface area contributed by atoms with Gasteiger partial charge in [0, 0.05) is 23.7 Å². The third-order valence-corrected chi connectivity index (χ3v) is 7.57. The van der Waals surface area contributed by atoms with E-state index in [-0.39, 0.29) is 24.0 Å². The monoisotopic (exact) mass is 427 g/mol. The molecule has 0 heterocycles. The Morgan fingerprint density at radius 3 is 2.32 bits per heavy atom. The van der Waals surface area contributed by atoms with Crippen molar-refractivity contribution >= 4 is 18.0 Å². The fourth-order valence-corrected chi connectivity index (χ4v) is 6.44. The zero-order valence-corrected chi connectivity index (χ0v) is 18.7. The van der Waals surface area contributed by atoms with Gasteiger partial charge in [0.2, 0.25) is 0 Å². The normalized spacial score (nSPS) is 29.6. The number of hydrogen-bond donors (Lipinski definition) is 1. The first kappa shape index (κ1) is 21.7. The lowest BCUT2D eigenvalue weighted by Gasteiger charge is -2.59. The van der Waals surface area contributed by atoms with Gasteiger partial charge in [-0.05, 0) is 86.8 Å². The summed E-state index contributed by atoms with van der Waals surface area (Å²) in [6.07, 6.45) is 10.7. The van der Waals surface area contributed by atoms with Gasteiger partial charge in [0.05, 0.1) is 14.2 Å². The predicted molar refractivity (Wildman–Crippen MR) is 118 cm³/mol. The van der Waals surface area contributed by atoms with Crippen LogP contribution in [-0.4, -0.2) is 38.7 Å². The zero-order chi connectivity index (χ0) is 22.0. The Balaban J connectivity index is 1.27. The van der Waals surface area contributed by atoms with Crippen LogP contribution in [-0.2, 0) is 14.3 Å². The number of methoxy groups -OCH3 is 2. The summed E-state index contributed by atoms with van der Waals surface area (Å²) in [7, 11) is 3.14. The highest BCUT2D eigenvalue weighted by molar-refractivity contribution is 5.89. The van der Waals surface area contributed by atoms with Crippen molar-refractivity contribution in [1.82, 2.24) is 5.32 Å². The molecule has 0 radical (unpaired) electrons. The Hall–Kier alpha value is -2.50. The smallest absolute Gasteiger partial charge is 0.331 e. The number of esters is 1. The Bertz CT molecular complexity index is 826. The molecule has 4 bridgehead atoms. The summed E-state index contributed by atoms with van der Waals surface area (Å²) in [5.41, 5.74) is 0.958. The molecule has 168 valence electrons. The maximum Gasteiger partial charge on any atom is 0.331 e. The minimum Gasteiger partial charge on any atom is -0.497 e. The van der Waals surface area contributed by atoms with Gasteiger partial charge in [-0.1, -0.05) is 0 Å². The highest BCUT2D eigenvalue weighted by atomic mass is 16.5. The molecule has 6 nitrogen and oxygen atoms in total. The Kier molecular flexibility index (Phi) is 6.26. The van der Waals surface area contributed by atoms with Gasteiger partial charge in [0.1, 0.15) is 11.5 Å². The van der Waals surface area contributed by atoms with Gasteiger partial charge in [0.25, 0.3) is 5.91 Å². The molecule has 1 N–H and O–H groups in total. The summed E-state index contributed by atoms with van der Waals surface area (Å²) < 4.78 is 15.6. The lowest BCUT2D eigenvalue weighted by Crippen LogP contribution is -2.56. The first-order valence-electron chi connectivity index (χ1n) is 11.3. The predicted octanol–water partition coefficient (Wildman–Crippen LogP) is 3.98. The summed E-state index contributed by atoms with van der Waals surface area (Å²) in [4.78, 5) is 24.5. The number of hydrogen-bond acceptors (Lipinski definition) is 5. The summed E-state index contributed by atoms with van der Waals surface area (Å²) >= 11 is 0. The van der Waals surface area contributed by atoms with Crippen molar-refractivity contribution in [3.63, 3.8) is 0 Å². The number of ether oxygens (including phenoxy) is 3. The van der Waals surface area contributed by atoms with Crippen molar-refractivity contribution in [2.24, 2.45) is 23.2 Å². The first-order chi connectivity index (χ1) is 14.9. The van der Waals surface area contributed by atoms with E-state index < -0.39 is 5.97 Å². The van der Waals surface area contributed by atoms with E-state index in [0.717, 1.165) is 23.3 Å². The molecular formula is C25H33NO5. The second kappa shape index (κ2) is 8.93. The van der Waals surface area contributed by atoms with Gasteiger partial charge in [-0.3, -0.25) is 4.79 Å². The van der Waals surface area contributed by atoms with Crippen molar-refractivity contribution in [1.29, 1.82) is 0 Å². The van der Waals surface area contributed by atoms with Gasteiger partial charge >= 0.3 is 5.97 Å². The summed E-state index contributed by atoms with van der Waals surface area (Å²) in [5.74, 6) is 2.98. The van der Waals surface area contributed by atoms with E-state index in [0.29, 0.717) is 11.5 Å². The van der Waals surface area contributed by atoms with Crippen LogP contribution in [0.3, 0.4) is 0 Å². The molecule has 1 amide bonds. The quantitative estimate of drug-likeness (QED) is 0.502. The maximum atomic E-state index is 12.4. The van der Waals surface area contributed by atoms with E-state index in [4.69, 9.17) is 14.2 Å². The van der Waals surface area contributed by atoms with E-state index in [1.165, 1.54) is 44.6 Å². The van der Waals surface area contributed by atoms with Gasteiger partial charge in [-0.2, -0.15) is 0 Å². The van der Waals surface area contributed by atoms with Crippen LogP contribution < -0.4 is 14.8 Å².